The number of methoxy groups -OCH3 is 1. The summed E-state index contributed by atoms with van der Waals surface area (Å²) in [5.74, 6) is 0.0820. The predicted octanol–water partition coefficient (Wildman–Crippen LogP) is 1.27. The Morgan fingerprint density at radius 3 is 2.79 bits per heavy atom. The van der Waals surface area contributed by atoms with E-state index in [2.05, 4.69) is 15.0 Å². The third-order valence-corrected chi connectivity index (χ3v) is 2.92. The summed E-state index contributed by atoms with van der Waals surface area (Å²) in [5, 5.41) is 12.0. The maximum Gasteiger partial charge on any atom is 0.174 e. The second kappa shape index (κ2) is 6.94. The summed E-state index contributed by atoms with van der Waals surface area (Å²) in [6.45, 7) is 5.30. The average molecular weight is 266 g/mol. The SMILES string of the molecule is COCCCN(C)c1cc(C)nc(C)c1/C(N)=N/O. The summed E-state index contributed by atoms with van der Waals surface area (Å²) in [7, 11) is 3.65. The van der Waals surface area contributed by atoms with Gasteiger partial charge in [-0.15, -0.1) is 0 Å². The Labute approximate surface area is 113 Å². The Bertz CT molecular complexity index is 460. The first kappa shape index (κ1) is 15.2. The zero-order valence-corrected chi connectivity index (χ0v) is 12.0. The van der Waals surface area contributed by atoms with E-state index in [1.54, 1.807) is 7.11 Å². The van der Waals surface area contributed by atoms with Crippen LogP contribution in [0.2, 0.25) is 0 Å². The Morgan fingerprint density at radius 2 is 2.21 bits per heavy atom. The highest BCUT2D eigenvalue weighted by atomic mass is 16.5. The molecule has 0 amide bonds. The molecule has 0 aliphatic rings. The minimum absolute atomic E-state index is 0.0820. The summed E-state index contributed by atoms with van der Waals surface area (Å²) in [6.07, 6.45) is 0.906. The quantitative estimate of drug-likeness (QED) is 0.266. The average Bonchev–Trinajstić information content (AvgIpc) is 2.37. The van der Waals surface area contributed by atoms with E-state index in [1.165, 1.54) is 0 Å². The van der Waals surface area contributed by atoms with E-state index < -0.39 is 0 Å². The number of aromatic nitrogens is 1. The molecule has 0 saturated carbocycles. The van der Waals surface area contributed by atoms with Crippen molar-refractivity contribution in [3.8, 4) is 0 Å². The smallest absolute Gasteiger partial charge is 0.174 e. The number of aryl methyl sites for hydroxylation is 2. The number of ether oxygens (including phenoxy) is 1. The molecule has 0 aromatic carbocycles. The number of rotatable bonds is 6. The molecule has 3 N–H and O–H groups in total. The van der Waals surface area contributed by atoms with E-state index in [0.29, 0.717) is 12.2 Å². The van der Waals surface area contributed by atoms with Crippen LogP contribution in [-0.4, -0.2) is 43.3 Å². The van der Waals surface area contributed by atoms with Gasteiger partial charge in [-0.05, 0) is 26.3 Å². The lowest BCUT2D eigenvalue weighted by molar-refractivity contribution is 0.196. The standard InChI is InChI=1S/C13H22N4O2/c1-9-8-11(17(3)6-5-7-19-4)12(10(2)15-9)13(14)16-18/h8,18H,5-7H2,1-4H3,(H2,14,16). The first-order valence-electron chi connectivity index (χ1n) is 6.17. The number of oxime groups is 1. The van der Waals surface area contributed by atoms with Gasteiger partial charge in [0.1, 0.15) is 0 Å². The highest BCUT2D eigenvalue weighted by Crippen LogP contribution is 2.23. The largest absolute Gasteiger partial charge is 0.409 e. The van der Waals surface area contributed by atoms with Crippen molar-refractivity contribution in [2.75, 3.05) is 32.2 Å². The lowest BCUT2D eigenvalue weighted by Crippen LogP contribution is -2.26. The highest BCUT2D eigenvalue weighted by Gasteiger charge is 2.15. The van der Waals surface area contributed by atoms with Crippen molar-refractivity contribution in [2.45, 2.75) is 20.3 Å². The summed E-state index contributed by atoms with van der Waals surface area (Å²) in [6, 6.07) is 1.94. The van der Waals surface area contributed by atoms with Gasteiger partial charge in [-0.3, -0.25) is 4.98 Å². The first-order valence-corrected chi connectivity index (χ1v) is 6.17. The van der Waals surface area contributed by atoms with Gasteiger partial charge in [0, 0.05) is 33.0 Å². The molecule has 1 heterocycles. The van der Waals surface area contributed by atoms with Crippen LogP contribution in [0, 0.1) is 13.8 Å². The molecule has 0 fully saturated rings. The van der Waals surface area contributed by atoms with Crippen LogP contribution in [0.5, 0.6) is 0 Å². The minimum atomic E-state index is 0.0820. The van der Waals surface area contributed by atoms with Gasteiger partial charge >= 0.3 is 0 Å². The molecule has 0 bridgehead atoms. The molecule has 0 unspecified atom stereocenters. The van der Waals surface area contributed by atoms with Crippen molar-refractivity contribution >= 4 is 11.5 Å². The third kappa shape index (κ3) is 3.82. The molecule has 6 nitrogen and oxygen atoms in total. The van der Waals surface area contributed by atoms with Crippen molar-refractivity contribution in [1.82, 2.24) is 4.98 Å². The Kier molecular flexibility index (Phi) is 5.57. The van der Waals surface area contributed by atoms with Gasteiger partial charge in [-0.2, -0.15) is 0 Å². The van der Waals surface area contributed by atoms with Gasteiger partial charge in [0.2, 0.25) is 0 Å². The van der Waals surface area contributed by atoms with Crippen LogP contribution in [0.15, 0.2) is 11.2 Å². The molecule has 1 rings (SSSR count). The summed E-state index contributed by atoms with van der Waals surface area (Å²) in [4.78, 5) is 6.42. The van der Waals surface area contributed by atoms with Crippen LogP contribution in [0.25, 0.3) is 0 Å². The second-order valence-corrected chi connectivity index (χ2v) is 4.50. The lowest BCUT2D eigenvalue weighted by atomic mass is 10.1. The monoisotopic (exact) mass is 266 g/mol. The van der Waals surface area contributed by atoms with E-state index in [4.69, 9.17) is 15.7 Å². The number of nitrogens with zero attached hydrogens (tertiary/aromatic N) is 3. The van der Waals surface area contributed by atoms with Crippen molar-refractivity contribution in [2.24, 2.45) is 10.9 Å². The van der Waals surface area contributed by atoms with E-state index >= 15 is 0 Å². The van der Waals surface area contributed by atoms with Crippen molar-refractivity contribution in [1.29, 1.82) is 0 Å². The van der Waals surface area contributed by atoms with Crippen molar-refractivity contribution in [3.63, 3.8) is 0 Å². The molecule has 6 heteroatoms. The topological polar surface area (TPSA) is 84.0 Å². The van der Waals surface area contributed by atoms with E-state index in [9.17, 15) is 0 Å². The molecule has 0 saturated heterocycles. The number of hydrogen-bond donors (Lipinski definition) is 2. The van der Waals surface area contributed by atoms with Gasteiger partial charge in [0.25, 0.3) is 0 Å². The van der Waals surface area contributed by atoms with Crippen LogP contribution in [0.1, 0.15) is 23.4 Å². The maximum absolute atomic E-state index is 8.90. The molecule has 106 valence electrons. The number of hydrogen-bond acceptors (Lipinski definition) is 5. The van der Waals surface area contributed by atoms with Gasteiger partial charge in [-0.1, -0.05) is 5.16 Å². The van der Waals surface area contributed by atoms with Crippen molar-refractivity contribution < 1.29 is 9.94 Å². The summed E-state index contributed by atoms with van der Waals surface area (Å²) >= 11 is 0. The molecule has 0 aliphatic carbocycles. The molecular weight excluding hydrogens is 244 g/mol. The maximum atomic E-state index is 8.90. The molecule has 0 aliphatic heterocycles. The summed E-state index contributed by atoms with van der Waals surface area (Å²) in [5.41, 5.74) is 8.99. The second-order valence-electron chi connectivity index (χ2n) is 4.50. The number of nitrogens with two attached hydrogens (primary N) is 1. The first-order chi connectivity index (χ1) is 9.01. The van der Waals surface area contributed by atoms with Crippen LogP contribution in [-0.2, 0) is 4.74 Å². The summed E-state index contributed by atoms with van der Waals surface area (Å²) < 4.78 is 5.05. The van der Waals surface area contributed by atoms with Crippen LogP contribution >= 0.6 is 0 Å². The van der Waals surface area contributed by atoms with Crippen LogP contribution in [0.3, 0.4) is 0 Å². The molecular formula is C13H22N4O2. The fraction of sp³-hybridized carbons (Fsp3) is 0.538. The highest BCUT2D eigenvalue weighted by molar-refractivity contribution is 6.03. The Morgan fingerprint density at radius 1 is 1.53 bits per heavy atom. The van der Waals surface area contributed by atoms with Gasteiger partial charge in [0.15, 0.2) is 5.84 Å². The molecule has 19 heavy (non-hydrogen) atoms. The van der Waals surface area contributed by atoms with Gasteiger partial charge < -0.3 is 20.6 Å². The van der Waals surface area contributed by atoms with E-state index in [1.807, 2.05) is 27.0 Å². The number of pyridine rings is 1. The molecule has 1 aromatic heterocycles. The predicted molar refractivity (Wildman–Crippen MR) is 76.0 cm³/mol. The number of anilines is 1. The van der Waals surface area contributed by atoms with Crippen LogP contribution < -0.4 is 10.6 Å². The normalized spacial score (nSPS) is 11.7. The number of amidine groups is 1. The van der Waals surface area contributed by atoms with E-state index in [-0.39, 0.29) is 5.84 Å². The molecule has 0 atom stereocenters. The van der Waals surface area contributed by atoms with Crippen LogP contribution in [0.4, 0.5) is 5.69 Å². The Balaban J connectivity index is 3.10. The molecule has 1 aromatic rings. The van der Waals surface area contributed by atoms with E-state index in [0.717, 1.165) is 30.0 Å². The zero-order valence-electron chi connectivity index (χ0n) is 12.0. The fourth-order valence-corrected chi connectivity index (χ4v) is 2.04. The molecule has 0 spiro atoms. The lowest BCUT2D eigenvalue weighted by Gasteiger charge is -2.23. The molecule has 0 radical (unpaired) electrons. The van der Waals surface area contributed by atoms with Gasteiger partial charge in [-0.25, -0.2) is 0 Å². The fourth-order valence-electron chi connectivity index (χ4n) is 2.04. The third-order valence-electron chi connectivity index (χ3n) is 2.92. The minimum Gasteiger partial charge on any atom is -0.409 e. The van der Waals surface area contributed by atoms with Gasteiger partial charge in [0.05, 0.1) is 16.9 Å². The van der Waals surface area contributed by atoms with Crippen molar-refractivity contribution in [3.05, 3.63) is 23.0 Å². The Hall–Kier alpha value is -1.82. The zero-order chi connectivity index (χ0) is 14.4.